The lowest BCUT2D eigenvalue weighted by Crippen LogP contribution is -2.30. The Kier molecular flexibility index (Phi) is 8.70. The van der Waals surface area contributed by atoms with Crippen LogP contribution in [0.25, 0.3) is 0 Å². The van der Waals surface area contributed by atoms with E-state index in [0.717, 1.165) is 0 Å². The van der Waals surface area contributed by atoms with Crippen LogP contribution in [0.4, 0.5) is 0 Å². The Morgan fingerprint density at radius 3 is 1.95 bits per heavy atom. The summed E-state index contributed by atoms with van der Waals surface area (Å²) in [4.78, 5) is 20.4. The van der Waals surface area contributed by atoms with Crippen LogP contribution in [0.15, 0.2) is 24.3 Å². The molecule has 0 aromatic heterocycles. The predicted octanol–water partition coefficient (Wildman–Crippen LogP) is -0.386. The van der Waals surface area contributed by atoms with E-state index < -0.39 is 24.0 Å². The second-order valence-electron chi connectivity index (χ2n) is 4.28. The van der Waals surface area contributed by atoms with Gasteiger partial charge >= 0.3 is 11.9 Å². The van der Waals surface area contributed by atoms with Crippen molar-refractivity contribution in [1.29, 1.82) is 0 Å². The number of aliphatic carboxylic acids is 2. The average Bonchev–Trinajstić information content (AvgIpc) is 2.45. The number of benzene rings is 1. The summed E-state index contributed by atoms with van der Waals surface area (Å²) in [6.07, 6.45) is 1.14. The van der Waals surface area contributed by atoms with Gasteiger partial charge in [-0.05, 0) is 37.1 Å². The van der Waals surface area contributed by atoms with E-state index >= 15 is 0 Å². The minimum absolute atomic E-state index is 0.0938. The van der Waals surface area contributed by atoms with Crippen molar-refractivity contribution in [2.24, 2.45) is 17.2 Å². The number of carboxylic acid groups (broad SMARTS) is 2. The van der Waals surface area contributed by atoms with Crippen LogP contribution in [-0.4, -0.2) is 39.8 Å². The Balaban J connectivity index is 0.000000400. The molecule has 0 aliphatic rings. The van der Waals surface area contributed by atoms with Gasteiger partial charge in [0.15, 0.2) is 0 Å². The van der Waals surface area contributed by atoms with E-state index in [4.69, 9.17) is 32.5 Å². The minimum atomic E-state index is -1.08. The van der Waals surface area contributed by atoms with E-state index in [0.29, 0.717) is 24.9 Å². The topological polar surface area (TPSA) is 173 Å². The lowest BCUT2D eigenvalue weighted by Gasteiger charge is -2.05. The molecule has 0 heterocycles. The highest BCUT2D eigenvalue weighted by atomic mass is 16.4. The first-order valence-electron chi connectivity index (χ1n) is 6.25. The van der Waals surface area contributed by atoms with Crippen molar-refractivity contribution in [1.82, 2.24) is 0 Å². The molecule has 0 fully saturated rings. The van der Waals surface area contributed by atoms with Gasteiger partial charge in [-0.25, -0.2) is 0 Å². The molecular weight excluding hydrogens is 278 g/mol. The van der Waals surface area contributed by atoms with Crippen molar-refractivity contribution in [2.45, 2.75) is 24.9 Å². The normalized spacial score (nSPS) is 12.7. The highest BCUT2D eigenvalue weighted by Crippen LogP contribution is 2.14. The summed E-state index contributed by atoms with van der Waals surface area (Å²) in [6.45, 7) is 0.501. The van der Waals surface area contributed by atoms with Gasteiger partial charge in [-0.1, -0.05) is 12.1 Å². The summed E-state index contributed by atoms with van der Waals surface area (Å²) in [5.41, 5.74) is 16.1. The molecule has 1 aromatic rings. The maximum atomic E-state index is 10.4. The Labute approximate surface area is 122 Å². The largest absolute Gasteiger partial charge is 0.508 e. The monoisotopic (exact) mass is 299 g/mol. The second-order valence-corrected chi connectivity index (χ2v) is 4.28. The lowest BCUT2D eigenvalue weighted by atomic mass is 10.1. The van der Waals surface area contributed by atoms with Crippen molar-refractivity contribution in [3.8, 4) is 5.75 Å². The van der Waals surface area contributed by atoms with Gasteiger partial charge in [0, 0.05) is 0 Å². The molecule has 0 bridgehead atoms. The first kappa shape index (κ1) is 18.8. The molecule has 1 unspecified atom stereocenters. The standard InChI is InChI=1S/C8H9NO3.C5H12N2O2/c9-7(8(11)12)5-1-3-6(10)4-2-5;6-3-1-2-4(7)5(8)9/h1-4,7,10H,9H2,(H,11,12);4H,1-3,6-7H2,(H,8,9)/t;4-/m.0/s1. The third kappa shape index (κ3) is 7.88. The van der Waals surface area contributed by atoms with Crippen molar-refractivity contribution in [3.05, 3.63) is 29.8 Å². The number of carboxylic acids is 2. The first-order chi connectivity index (χ1) is 9.79. The maximum Gasteiger partial charge on any atom is 0.325 e. The van der Waals surface area contributed by atoms with Crippen molar-refractivity contribution >= 4 is 11.9 Å². The van der Waals surface area contributed by atoms with E-state index in [1.165, 1.54) is 24.3 Å². The van der Waals surface area contributed by atoms with Crippen molar-refractivity contribution in [3.63, 3.8) is 0 Å². The molecule has 8 nitrogen and oxygen atoms in total. The number of rotatable bonds is 6. The number of phenolic OH excluding ortho intramolecular Hbond substituents is 1. The Morgan fingerprint density at radius 1 is 1.05 bits per heavy atom. The first-order valence-corrected chi connectivity index (χ1v) is 6.25. The molecule has 21 heavy (non-hydrogen) atoms. The third-order valence-corrected chi connectivity index (χ3v) is 2.55. The van der Waals surface area contributed by atoms with Gasteiger partial charge in [-0.3, -0.25) is 9.59 Å². The molecule has 0 aliphatic carbocycles. The van der Waals surface area contributed by atoms with E-state index in [-0.39, 0.29) is 5.75 Å². The van der Waals surface area contributed by atoms with Crippen LogP contribution in [-0.2, 0) is 9.59 Å². The van der Waals surface area contributed by atoms with E-state index in [9.17, 15) is 9.59 Å². The van der Waals surface area contributed by atoms with Crippen LogP contribution in [0.2, 0.25) is 0 Å². The average molecular weight is 299 g/mol. The maximum absolute atomic E-state index is 10.4. The molecule has 2 atom stereocenters. The summed E-state index contributed by atoms with van der Waals surface area (Å²) in [7, 11) is 0. The highest BCUT2D eigenvalue weighted by molar-refractivity contribution is 5.75. The molecule has 0 saturated carbocycles. The zero-order valence-corrected chi connectivity index (χ0v) is 11.5. The Hall–Kier alpha value is -2.16. The predicted molar refractivity (Wildman–Crippen MR) is 76.6 cm³/mol. The van der Waals surface area contributed by atoms with Crippen LogP contribution in [0.5, 0.6) is 5.75 Å². The second kappa shape index (κ2) is 9.70. The molecule has 9 N–H and O–H groups in total. The molecule has 0 aliphatic heterocycles. The third-order valence-electron chi connectivity index (χ3n) is 2.55. The number of hydrogen-bond donors (Lipinski definition) is 6. The minimum Gasteiger partial charge on any atom is -0.508 e. The Morgan fingerprint density at radius 2 is 1.57 bits per heavy atom. The van der Waals surface area contributed by atoms with Crippen molar-refractivity contribution < 1.29 is 24.9 Å². The molecule has 0 radical (unpaired) electrons. The van der Waals surface area contributed by atoms with Gasteiger partial charge in [0.05, 0.1) is 0 Å². The van der Waals surface area contributed by atoms with Gasteiger partial charge in [0.2, 0.25) is 0 Å². The van der Waals surface area contributed by atoms with Crippen LogP contribution < -0.4 is 17.2 Å². The lowest BCUT2D eigenvalue weighted by molar-refractivity contribution is -0.139. The quantitative estimate of drug-likeness (QED) is 0.412. The molecule has 0 spiro atoms. The zero-order valence-electron chi connectivity index (χ0n) is 11.5. The molecule has 1 aromatic carbocycles. The van der Waals surface area contributed by atoms with Crippen LogP contribution in [0, 0.1) is 0 Å². The highest BCUT2D eigenvalue weighted by Gasteiger charge is 2.13. The molecule has 118 valence electrons. The van der Waals surface area contributed by atoms with E-state index in [1.807, 2.05) is 0 Å². The number of nitrogens with two attached hydrogens (primary N) is 3. The van der Waals surface area contributed by atoms with Crippen LogP contribution in [0.3, 0.4) is 0 Å². The van der Waals surface area contributed by atoms with Gasteiger partial charge in [0.1, 0.15) is 17.8 Å². The molecule has 1 rings (SSSR count). The van der Waals surface area contributed by atoms with Gasteiger partial charge in [-0.2, -0.15) is 0 Å². The van der Waals surface area contributed by atoms with Gasteiger partial charge < -0.3 is 32.5 Å². The van der Waals surface area contributed by atoms with Gasteiger partial charge in [0.25, 0.3) is 0 Å². The molecule has 8 heteroatoms. The smallest absolute Gasteiger partial charge is 0.325 e. The van der Waals surface area contributed by atoms with Crippen LogP contribution >= 0.6 is 0 Å². The Bertz CT molecular complexity index is 450. The van der Waals surface area contributed by atoms with Crippen molar-refractivity contribution in [2.75, 3.05) is 6.54 Å². The van der Waals surface area contributed by atoms with Gasteiger partial charge in [-0.15, -0.1) is 0 Å². The summed E-state index contributed by atoms with van der Waals surface area (Å²) >= 11 is 0. The SMILES string of the molecule is NC(C(=O)O)c1ccc(O)cc1.NCCC[C@H](N)C(=O)O. The number of aromatic hydroxyl groups is 1. The number of phenols is 1. The number of hydrogen-bond acceptors (Lipinski definition) is 6. The molecule has 0 saturated heterocycles. The summed E-state index contributed by atoms with van der Waals surface area (Å²) < 4.78 is 0. The number of carbonyl (C=O) groups is 2. The molecule has 0 amide bonds. The fraction of sp³-hybridized carbons (Fsp3) is 0.385. The summed E-state index contributed by atoms with van der Waals surface area (Å²) in [5.74, 6) is -1.94. The van der Waals surface area contributed by atoms with E-state index in [1.54, 1.807) is 0 Å². The summed E-state index contributed by atoms with van der Waals surface area (Å²) in [5, 5.41) is 25.6. The zero-order chi connectivity index (χ0) is 16.4. The summed E-state index contributed by atoms with van der Waals surface area (Å²) in [6, 6.07) is 4.00. The fourth-order valence-corrected chi connectivity index (χ4v) is 1.29. The van der Waals surface area contributed by atoms with E-state index in [2.05, 4.69) is 0 Å². The van der Waals surface area contributed by atoms with Crippen LogP contribution in [0.1, 0.15) is 24.4 Å². The fourth-order valence-electron chi connectivity index (χ4n) is 1.29. The molecular formula is C13H21N3O5.